The number of carbonyl (C=O) groups is 1. The summed E-state index contributed by atoms with van der Waals surface area (Å²) in [6.07, 6.45) is -4.90. The van der Waals surface area contributed by atoms with Gasteiger partial charge in [0.05, 0.1) is 23.0 Å². The van der Waals surface area contributed by atoms with E-state index in [4.69, 9.17) is 5.11 Å². The van der Waals surface area contributed by atoms with Gasteiger partial charge in [0.25, 0.3) is 11.5 Å². The van der Waals surface area contributed by atoms with Gasteiger partial charge in [-0.05, 0) is 29.8 Å². The molecule has 0 aliphatic heterocycles. The third-order valence-corrected chi connectivity index (χ3v) is 3.93. The van der Waals surface area contributed by atoms with Crippen molar-refractivity contribution in [2.24, 2.45) is 0 Å². The fraction of sp³-hybridized carbons (Fsp3) is 0.167. The lowest BCUT2D eigenvalue weighted by Gasteiger charge is -2.15. The second-order valence-electron chi connectivity index (χ2n) is 5.86. The standard InChI is InChI=1S/C18H13F4N3O3/c19-13-6-5-10(7-12(13)18(20,21)22)8-25-16(28)11-3-1-2-4-14(11)23-17(25)24-15(27)9-26/h1-7,26H,8-9H2,(H,23,24,27). The summed E-state index contributed by atoms with van der Waals surface area (Å²) < 4.78 is 53.3. The van der Waals surface area contributed by atoms with Gasteiger partial charge in [0.1, 0.15) is 12.4 Å². The average molecular weight is 395 g/mol. The number of hydrogen-bond donors (Lipinski definition) is 2. The molecule has 1 amide bonds. The summed E-state index contributed by atoms with van der Waals surface area (Å²) in [4.78, 5) is 28.5. The Labute approximate surface area is 155 Å². The van der Waals surface area contributed by atoms with Gasteiger partial charge in [-0.15, -0.1) is 0 Å². The van der Waals surface area contributed by atoms with Crippen LogP contribution in [0, 0.1) is 5.82 Å². The normalized spacial score (nSPS) is 11.6. The third-order valence-electron chi connectivity index (χ3n) is 3.93. The van der Waals surface area contributed by atoms with Crippen LogP contribution in [-0.2, 0) is 17.5 Å². The smallest absolute Gasteiger partial charge is 0.387 e. The minimum absolute atomic E-state index is 0.0209. The van der Waals surface area contributed by atoms with E-state index in [0.29, 0.717) is 12.1 Å². The van der Waals surface area contributed by atoms with Crippen molar-refractivity contribution in [1.29, 1.82) is 0 Å². The van der Waals surface area contributed by atoms with Crippen molar-refractivity contribution in [1.82, 2.24) is 9.55 Å². The van der Waals surface area contributed by atoms with Crippen LogP contribution in [0.15, 0.2) is 47.3 Å². The lowest BCUT2D eigenvalue weighted by Crippen LogP contribution is -2.28. The Morgan fingerprint density at radius 2 is 1.89 bits per heavy atom. The van der Waals surface area contributed by atoms with Gasteiger partial charge in [-0.1, -0.05) is 18.2 Å². The summed E-state index contributed by atoms with van der Waals surface area (Å²) in [5.74, 6) is -2.54. The van der Waals surface area contributed by atoms with Crippen LogP contribution in [0.2, 0.25) is 0 Å². The molecule has 2 aromatic carbocycles. The van der Waals surface area contributed by atoms with E-state index >= 15 is 0 Å². The Bertz CT molecular complexity index is 1110. The van der Waals surface area contributed by atoms with E-state index in [1.807, 2.05) is 0 Å². The highest BCUT2D eigenvalue weighted by Crippen LogP contribution is 2.32. The molecule has 6 nitrogen and oxygen atoms in total. The molecular formula is C18H13F4N3O3. The van der Waals surface area contributed by atoms with Crippen LogP contribution >= 0.6 is 0 Å². The van der Waals surface area contributed by atoms with Crippen molar-refractivity contribution < 1.29 is 27.5 Å². The Hall–Kier alpha value is -3.27. The van der Waals surface area contributed by atoms with Crippen LogP contribution in [-0.4, -0.2) is 27.2 Å². The number of hydrogen-bond acceptors (Lipinski definition) is 4. The summed E-state index contributed by atoms with van der Waals surface area (Å²) in [5.41, 5.74) is -1.84. The SMILES string of the molecule is O=C(CO)Nc1nc2ccccc2c(=O)n1Cc1ccc(F)c(C(F)(F)F)c1. The van der Waals surface area contributed by atoms with Gasteiger partial charge in [-0.2, -0.15) is 13.2 Å². The molecule has 1 aromatic heterocycles. The van der Waals surface area contributed by atoms with E-state index in [0.717, 1.165) is 10.6 Å². The van der Waals surface area contributed by atoms with Crippen LogP contribution in [0.1, 0.15) is 11.1 Å². The van der Waals surface area contributed by atoms with Crippen molar-refractivity contribution >= 4 is 22.8 Å². The van der Waals surface area contributed by atoms with Crippen molar-refractivity contribution in [2.75, 3.05) is 11.9 Å². The molecule has 1 heterocycles. The Kier molecular flexibility index (Phi) is 5.14. The number of para-hydroxylation sites is 1. The predicted molar refractivity (Wildman–Crippen MR) is 92.2 cm³/mol. The van der Waals surface area contributed by atoms with E-state index in [1.54, 1.807) is 12.1 Å². The number of nitrogens with zero attached hydrogens (tertiary/aromatic N) is 2. The second-order valence-corrected chi connectivity index (χ2v) is 5.86. The molecular weight excluding hydrogens is 382 g/mol. The highest BCUT2D eigenvalue weighted by atomic mass is 19.4. The van der Waals surface area contributed by atoms with E-state index in [1.165, 1.54) is 12.1 Å². The lowest BCUT2D eigenvalue weighted by atomic mass is 10.1. The molecule has 0 fully saturated rings. The van der Waals surface area contributed by atoms with Gasteiger partial charge < -0.3 is 5.11 Å². The Morgan fingerprint density at radius 1 is 1.18 bits per heavy atom. The molecule has 10 heteroatoms. The predicted octanol–water partition coefficient (Wildman–Crippen LogP) is 2.53. The molecule has 28 heavy (non-hydrogen) atoms. The summed E-state index contributed by atoms with van der Waals surface area (Å²) in [7, 11) is 0. The molecule has 0 spiro atoms. The minimum atomic E-state index is -4.90. The van der Waals surface area contributed by atoms with Gasteiger partial charge in [0.15, 0.2) is 0 Å². The first kappa shape index (κ1) is 19.5. The number of fused-ring (bicyclic) bond motifs is 1. The number of aromatic nitrogens is 2. The van der Waals surface area contributed by atoms with E-state index in [-0.39, 0.29) is 22.4 Å². The zero-order chi connectivity index (χ0) is 20.5. The third kappa shape index (κ3) is 3.86. The largest absolute Gasteiger partial charge is 0.419 e. The first-order valence-electron chi connectivity index (χ1n) is 7.96. The lowest BCUT2D eigenvalue weighted by molar-refractivity contribution is -0.140. The maximum Gasteiger partial charge on any atom is 0.419 e. The fourth-order valence-electron chi connectivity index (χ4n) is 2.64. The molecule has 0 aliphatic carbocycles. The number of halogens is 4. The van der Waals surface area contributed by atoms with Crippen molar-refractivity contribution in [2.45, 2.75) is 12.7 Å². The maximum atomic E-state index is 13.5. The number of aliphatic hydroxyl groups excluding tert-OH is 1. The molecule has 146 valence electrons. The number of nitrogens with one attached hydrogen (secondary N) is 1. The minimum Gasteiger partial charge on any atom is -0.387 e. The van der Waals surface area contributed by atoms with Gasteiger partial charge in [-0.25, -0.2) is 9.37 Å². The number of carbonyl (C=O) groups excluding carboxylic acids is 1. The number of alkyl halides is 3. The quantitative estimate of drug-likeness (QED) is 0.665. The van der Waals surface area contributed by atoms with Crippen molar-refractivity contribution in [3.8, 4) is 0 Å². The molecule has 3 aromatic rings. The van der Waals surface area contributed by atoms with Crippen LogP contribution in [0.3, 0.4) is 0 Å². The summed E-state index contributed by atoms with van der Waals surface area (Å²) in [6, 6.07) is 8.55. The molecule has 0 saturated heterocycles. The Morgan fingerprint density at radius 3 is 2.57 bits per heavy atom. The number of benzene rings is 2. The zero-order valence-electron chi connectivity index (χ0n) is 14.1. The molecule has 0 atom stereocenters. The topological polar surface area (TPSA) is 84.2 Å². The monoisotopic (exact) mass is 395 g/mol. The summed E-state index contributed by atoms with van der Waals surface area (Å²) in [5, 5.41) is 11.3. The number of aliphatic hydroxyl groups is 1. The average Bonchev–Trinajstić information content (AvgIpc) is 2.65. The summed E-state index contributed by atoms with van der Waals surface area (Å²) in [6.45, 7) is -1.28. The van der Waals surface area contributed by atoms with E-state index in [2.05, 4.69) is 10.3 Å². The summed E-state index contributed by atoms with van der Waals surface area (Å²) >= 11 is 0. The molecule has 0 aliphatic rings. The van der Waals surface area contributed by atoms with Crippen LogP contribution in [0.5, 0.6) is 0 Å². The molecule has 0 bridgehead atoms. The number of anilines is 1. The molecule has 0 radical (unpaired) electrons. The van der Waals surface area contributed by atoms with E-state index < -0.39 is 42.2 Å². The highest BCUT2D eigenvalue weighted by molar-refractivity contribution is 5.91. The highest BCUT2D eigenvalue weighted by Gasteiger charge is 2.34. The first-order chi connectivity index (χ1) is 13.2. The molecule has 3 rings (SSSR count). The number of rotatable bonds is 4. The molecule has 0 saturated carbocycles. The Balaban J connectivity index is 2.14. The van der Waals surface area contributed by atoms with E-state index in [9.17, 15) is 27.2 Å². The van der Waals surface area contributed by atoms with Crippen LogP contribution < -0.4 is 10.9 Å². The van der Waals surface area contributed by atoms with Gasteiger partial charge in [0, 0.05) is 0 Å². The van der Waals surface area contributed by atoms with Crippen LogP contribution in [0.25, 0.3) is 10.9 Å². The number of amides is 1. The van der Waals surface area contributed by atoms with Crippen molar-refractivity contribution in [3.05, 3.63) is 69.8 Å². The maximum absolute atomic E-state index is 13.5. The first-order valence-corrected chi connectivity index (χ1v) is 7.96. The van der Waals surface area contributed by atoms with Crippen LogP contribution in [0.4, 0.5) is 23.5 Å². The van der Waals surface area contributed by atoms with Gasteiger partial charge in [0.2, 0.25) is 5.95 Å². The second kappa shape index (κ2) is 7.39. The van der Waals surface area contributed by atoms with Gasteiger partial charge in [-0.3, -0.25) is 19.5 Å². The fourth-order valence-corrected chi connectivity index (χ4v) is 2.64. The van der Waals surface area contributed by atoms with Crippen molar-refractivity contribution in [3.63, 3.8) is 0 Å². The molecule has 2 N–H and O–H groups in total. The molecule has 0 unspecified atom stereocenters. The van der Waals surface area contributed by atoms with Gasteiger partial charge >= 0.3 is 6.18 Å². The zero-order valence-corrected chi connectivity index (χ0v) is 14.1.